The lowest BCUT2D eigenvalue weighted by Gasteiger charge is -2.22. The Morgan fingerprint density at radius 3 is 1.28 bits per heavy atom. The Balaban J connectivity index is 1.46. The summed E-state index contributed by atoms with van der Waals surface area (Å²) in [5.41, 5.74) is -0.509. The molecule has 8 nitrogen and oxygen atoms in total. The van der Waals surface area contributed by atoms with E-state index in [0.717, 1.165) is 64.7 Å². The van der Waals surface area contributed by atoms with E-state index in [1.165, 1.54) is 0 Å². The molecular formula is C24H46N4O4. The molecule has 0 radical (unpaired) electrons. The van der Waals surface area contributed by atoms with Gasteiger partial charge in [0.15, 0.2) is 0 Å². The summed E-state index contributed by atoms with van der Waals surface area (Å²) in [5.74, 6) is 0. The predicted molar refractivity (Wildman–Crippen MR) is 127 cm³/mol. The van der Waals surface area contributed by atoms with Crippen LogP contribution in [0.5, 0.6) is 0 Å². The molecule has 2 saturated carbocycles. The predicted octanol–water partition coefficient (Wildman–Crippen LogP) is 3.56. The van der Waals surface area contributed by atoms with Crippen molar-refractivity contribution in [1.29, 1.82) is 0 Å². The van der Waals surface area contributed by atoms with Crippen LogP contribution in [0.2, 0.25) is 0 Å². The molecule has 0 unspecified atom stereocenters. The summed E-state index contributed by atoms with van der Waals surface area (Å²) in [6.45, 7) is 16.5. The second-order valence-corrected chi connectivity index (χ2v) is 11.8. The molecule has 0 aromatic carbocycles. The zero-order valence-electron chi connectivity index (χ0n) is 21.1. The van der Waals surface area contributed by atoms with Crippen LogP contribution in [-0.2, 0) is 9.47 Å². The molecule has 0 aromatic heterocycles. The van der Waals surface area contributed by atoms with Gasteiger partial charge in [-0.25, -0.2) is 9.59 Å². The Bertz CT molecular complexity index is 562. The minimum absolute atomic E-state index is 0.203. The van der Waals surface area contributed by atoms with Gasteiger partial charge in [-0.1, -0.05) is 0 Å². The molecule has 0 saturated heterocycles. The lowest BCUT2D eigenvalue weighted by Crippen LogP contribution is -2.39. The Hall–Kier alpha value is -1.54. The van der Waals surface area contributed by atoms with Crippen LogP contribution < -0.4 is 21.3 Å². The minimum Gasteiger partial charge on any atom is -0.444 e. The van der Waals surface area contributed by atoms with Crippen LogP contribution in [0.3, 0.4) is 0 Å². The molecule has 2 aliphatic carbocycles. The normalized spacial score (nSPS) is 18.6. The molecule has 8 heteroatoms. The summed E-state index contributed by atoms with van der Waals surface area (Å²) >= 11 is 0. The van der Waals surface area contributed by atoms with E-state index >= 15 is 0 Å². The Morgan fingerprint density at radius 1 is 0.656 bits per heavy atom. The third kappa shape index (κ3) is 11.4. The van der Waals surface area contributed by atoms with Crippen molar-refractivity contribution in [1.82, 2.24) is 21.3 Å². The molecule has 2 amide bonds. The molecule has 186 valence electrons. The minimum atomic E-state index is -0.457. The summed E-state index contributed by atoms with van der Waals surface area (Å²) in [6, 6.07) is 0. The van der Waals surface area contributed by atoms with E-state index in [9.17, 15) is 9.59 Å². The SMILES string of the molecule is CC(C)(C)OC(=O)NCC1(CNCCCCNCC2(CNC(=O)OC(C)(C)C)CC2)CC1. The van der Waals surface area contributed by atoms with Crippen LogP contribution >= 0.6 is 0 Å². The Labute approximate surface area is 194 Å². The van der Waals surface area contributed by atoms with Gasteiger partial charge in [-0.3, -0.25) is 0 Å². The van der Waals surface area contributed by atoms with Crippen LogP contribution in [0, 0.1) is 10.8 Å². The van der Waals surface area contributed by atoms with Gasteiger partial charge >= 0.3 is 12.2 Å². The largest absolute Gasteiger partial charge is 0.444 e. The van der Waals surface area contributed by atoms with Gasteiger partial charge in [-0.2, -0.15) is 0 Å². The highest BCUT2D eigenvalue weighted by atomic mass is 16.6. The summed E-state index contributed by atoms with van der Waals surface area (Å²) in [4.78, 5) is 23.7. The maximum Gasteiger partial charge on any atom is 0.407 e. The van der Waals surface area contributed by atoms with Gasteiger partial charge in [0.25, 0.3) is 0 Å². The quantitative estimate of drug-likeness (QED) is 0.318. The summed E-state index contributed by atoms with van der Waals surface area (Å²) in [5, 5.41) is 12.9. The van der Waals surface area contributed by atoms with Gasteiger partial charge in [0, 0.05) is 37.0 Å². The number of carbonyl (C=O) groups excluding carboxylic acids is 2. The number of alkyl carbamates (subject to hydrolysis) is 2. The average molecular weight is 455 g/mol. The second kappa shape index (κ2) is 11.1. The number of hydrogen-bond donors (Lipinski definition) is 4. The van der Waals surface area contributed by atoms with Gasteiger partial charge in [0.05, 0.1) is 0 Å². The fourth-order valence-electron chi connectivity index (χ4n) is 3.54. The first-order valence-corrected chi connectivity index (χ1v) is 12.2. The molecule has 2 fully saturated rings. The second-order valence-electron chi connectivity index (χ2n) is 11.8. The van der Waals surface area contributed by atoms with Gasteiger partial charge in [-0.05, 0) is 93.2 Å². The fraction of sp³-hybridized carbons (Fsp3) is 0.917. The van der Waals surface area contributed by atoms with E-state index in [1.54, 1.807) is 0 Å². The van der Waals surface area contributed by atoms with Crippen molar-refractivity contribution in [3.05, 3.63) is 0 Å². The molecule has 0 bridgehead atoms. The summed E-state index contributed by atoms with van der Waals surface area (Å²) < 4.78 is 10.6. The van der Waals surface area contributed by atoms with Crippen molar-refractivity contribution in [2.75, 3.05) is 39.3 Å². The molecule has 4 N–H and O–H groups in total. The third-order valence-corrected chi connectivity index (χ3v) is 5.88. The monoisotopic (exact) mass is 454 g/mol. The number of nitrogens with one attached hydrogen (secondary N) is 4. The molecule has 2 aliphatic rings. The zero-order valence-corrected chi connectivity index (χ0v) is 21.1. The van der Waals surface area contributed by atoms with Crippen molar-refractivity contribution in [3.8, 4) is 0 Å². The van der Waals surface area contributed by atoms with Gasteiger partial charge < -0.3 is 30.7 Å². The molecular weight excluding hydrogens is 408 g/mol. The Morgan fingerprint density at radius 2 is 1.00 bits per heavy atom. The number of hydrogen-bond acceptors (Lipinski definition) is 6. The highest BCUT2D eigenvalue weighted by Gasteiger charge is 2.43. The summed E-state index contributed by atoms with van der Waals surface area (Å²) in [7, 11) is 0. The third-order valence-electron chi connectivity index (χ3n) is 5.88. The van der Waals surface area contributed by atoms with E-state index in [2.05, 4.69) is 21.3 Å². The number of ether oxygens (including phenoxy) is 2. The van der Waals surface area contributed by atoms with E-state index in [1.807, 2.05) is 41.5 Å². The van der Waals surface area contributed by atoms with Crippen LogP contribution in [0.25, 0.3) is 0 Å². The zero-order chi connectivity index (χ0) is 23.9. The van der Waals surface area contributed by atoms with Crippen molar-refractivity contribution in [2.45, 2.75) is 91.3 Å². The molecule has 0 heterocycles. The molecule has 0 aromatic rings. The summed E-state index contributed by atoms with van der Waals surface area (Å²) in [6.07, 6.45) is 6.17. The first-order chi connectivity index (χ1) is 14.8. The average Bonchev–Trinajstić information content (AvgIpc) is 3.56. The highest BCUT2D eigenvalue weighted by molar-refractivity contribution is 5.68. The number of amides is 2. The van der Waals surface area contributed by atoms with Gasteiger partial charge in [0.2, 0.25) is 0 Å². The van der Waals surface area contributed by atoms with Crippen molar-refractivity contribution in [2.24, 2.45) is 10.8 Å². The maximum atomic E-state index is 11.8. The first kappa shape index (κ1) is 26.7. The van der Waals surface area contributed by atoms with Crippen LogP contribution in [0.15, 0.2) is 0 Å². The van der Waals surface area contributed by atoms with Crippen LogP contribution in [-0.4, -0.2) is 62.7 Å². The Kier molecular flexibility index (Phi) is 9.23. The molecule has 0 aliphatic heterocycles. The fourth-order valence-corrected chi connectivity index (χ4v) is 3.54. The number of unbranched alkanes of at least 4 members (excludes halogenated alkanes) is 1. The topological polar surface area (TPSA) is 101 Å². The van der Waals surface area contributed by atoms with Crippen LogP contribution in [0.4, 0.5) is 9.59 Å². The van der Waals surface area contributed by atoms with Gasteiger partial charge in [-0.15, -0.1) is 0 Å². The molecule has 0 spiro atoms. The highest BCUT2D eigenvalue weighted by Crippen LogP contribution is 2.45. The lowest BCUT2D eigenvalue weighted by molar-refractivity contribution is 0.0505. The van der Waals surface area contributed by atoms with E-state index < -0.39 is 11.2 Å². The smallest absolute Gasteiger partial charge is 0.407 e. The van der Waals surface area contributed by atoms with Crippen LogP contribution in [0.1, 0.15) is 80.1 Å². The molecule has 0 atom stereocenters. The molecule has 32 heavy (non-hydrogen) atoms. The van der Waals surface area contributed by atoms with Crippen molar-refractivity contribution < 1.29 is 19.1 Å². The number of carbonyl (C=O) groups is 2. The van der Waals surface area contributed by atoms with Gasteiger partial charge in [0.1, 0.15) is 11.2 Å². The first-order valence-electron chi connectivity index (χ1n) is 12.2. The van der Waals surface area contributed by atoms with E-state index in [4.69, 9.17) is 9.47 Å². The standard InChI is InChI=1S/C24H46N4O4/c1-21(2,3)31-19(29)27-17-23(9-10-23)15-25-13-7-8-14-26-16-24(11-12-24)18-28-20(30)32-22(4,5)6/h25-26H,7-18H2,1-6H3,(H,27,29)(H,28,30). The number of rotatable bonds is 13. The van der Waals surface area contributed by atoms with E-state index in [0.29, 0.717) is 13.1 Å². The molecule has 2 rings (SSSR count). The van der Waals surface area contributed by atoms with Crippen molar-refractivity contribution in [3.63, 3.8) is 0 Å². The lowest BCUT2D eigenvalue weighted by atomic mass is 10.1. The van der Waals surface area contributed by atoms with Crippen molar-refractivity contribution >= 4 is 12.2 Å². The van der Waals surface area contributed by atoms with E-state index in [-0.39, 0.29) is 23.0 Å². The maximum absolute atomic E-state index is 11.8.